The molecular weight excluding hydrogens is 338 g/mol. The third-order valence-corrected chi connectivity index (χ3v) is 5.64. The summed E-state index contributed by atoms with van der Waals surface area (Å²) in [7, 11) is 0. The molecule has 5 nitrogen and oxygen atoms in total. The van der Waals surface area contributed by atoms with E-state index in [1.165, 1.54) is 6.42 Å². The van der Waals surface area contributed by atoms with E-state index in [1.54, 1.807) is 11.8 Å². The fraction of sp³-hybridized carbons (Fsp3) is 0.636. The van der Waals surface area contributed by atoms with Crippen molar-refractivity contribution >= 4 is 23.2 Å². The number of amides is 2. The zero-order valence-electron chi connectivity index (χ0n) is 17.4. The fourth-order valence-corrected chi connectivity index (χ4v) is 4.00. The van der Waals surface area contributed by atoms with Crippen LogP contribution in [-0.4, -0.2) is 48.9 Å². The molecule has 1 atom stereocenters. The molecule has 2 amide bonds. The highest BCUT2D eigenvalue weighted by atomic mass is 16.2. The second kappa shape index (κ2) is 10.3. The monoisotopic (exact) mass is 373 g/mol. The number of hydrogen-bond donors (Lipinski definition) is 0. The van der Waals surface area contributed by atoms with Crippen molar-refractivity contribution in [3.8, 4) is 0 Å². The van der Waals surface area contributed by atoms with E-state index in [1.807, 2.05) is 17.0 Å². The van der Waals surface area contributed by atoms with Crippen molar-refractivity contribution in [1.29, 1.82) is 0 Å². The lowest BCUT2D eigenvalue weighted by Gasteiger charge is -2.36. The van der Waals surface area contributed by atoms with Crippen LogP contribution in [0.1, 0.15) is 59.8 Å². The number of hydrogen-bond acceptors (Lipinski definition) is 3. The Labute approximate surface area is 164 Å². The van der Waals surface area contributed by atoms with E-state index in [0.29, 0.717) is 19.0 Å². The van der Waals surface area contributed by atoms with Gasteiger partial charge in [0.2, 0.25) is 11.8 Å². The van der Waals surface area contributed by atoms with Crippen LogP contribution < -0.4 is 9.80 Å². The minimum Gasteiger partial charge on any atom is -0.372 e. The van der Waals surface area contributed by atoms with Gasteiger partial charge < -0.3 is 14.7 Å². The molecule has 27 heavy (non-hydrogen) atoms. The van der Waals surface area contributed by atoms with Gasteiger partial charge >= 0.3 is 0 Å². The van der Waals surface area contributed by atoms with Gasteiger partial charge in [-0.15, -0.1) is 0 Å². The van der Waals surface area contributed by atoms with E-state index in [0.717, 1.165) is 50.3 Å². The third kappa shape index (κ3) is 5.47. The molecule has 0 aliphatic carbocycles. The highest BCUT2D eigenvalue weighted by Crippen LogP contribution is 2.23. The number of rotatable bonds is 8. The van der Waals surface area contributed by atoms with Gasteiger partial charge in [0.15, 0.2) is 0 Å². The summed E-state index contributed by atoms with van der Waals surface area (Å²) in [5, 5.41) is 0. The van der Waals surface area contributed by atoms with Crippen LogP contribution in [0, 0.1) is 0 Å². The first-order valence-electron chi connectivity index (χ1n) is 10.4. The van der Waals surface area contributed by atoms with Crippen LogP contribution >= 0.6 is 0 Å². The molecule has 5 heteroatoms. The minimum absolute atomic E-state index is 0.0240. The molecule has 1 heterocycles. The molecule has 1 aromatic carbocycles. The maximum absolute atomic E-state index is 12.7. The molecule has 0 radical (unpaired) electrons. The molecule has 0 spiro atoms. The minimum atomic E-state index is -0.0240. The van der Waals surface area contributed by atoms with Gasteiger partial charge in [-0.3, -0.25) is 9.59 Å². The van der Waals surface area contributed by atoms with E-state index in [4.69, 9.17) is 0 Å². The highest BCUT2D eigenvalue weighted by Gasteiger charge is 2.25. The third-order valence-electron chi connectivity index (χ3n) is 5.64. The summed E-state index contributed by atoms with van der Waals surface area (Å²) in [5.41, 5.74) is 2.01. The maximum atomic E-state index is 12.7. The number of likely N-dealkylation sites (tertiary alicyclic amines) is 1. The quantitative estimate of drug-likeness (QED) is 0.690. The molecule has 0 saturated carbocycles. The fourth-order valence-electron chi connectivity index (χ4n) is 4.00. The summed E-state index contributed by atoms with van der Waals surface area (Å²) in [6.45, 7) is 11.2. The predicted molar refractivity (Wildman–Crippen MR) is 112 cm³/mol. The van der Waals surface area contributed by atoms with Crippen LogP contribution in [0.4, 0.5) is 11.4 Å². The van der Waals surface area contributed by atoms with E-state index in [2.05, 4.69) is 37.8 Å². The van der Waals surface area contributed by atoms with Crippen LogP contribution in [0.15, 0.2) is 24.3 Å². The standard InChI is InChI=1S/C22H35N3O2/c1-5-19-10-8-9-16-25(19)22(27)15-17-24(18(4)26)21-13-11-20(12-14-21)23(6-2)7-3/h11-14,19H,5-10,15-17H2,1-4H3. The summed E-state index contributed by atoms with van der Waals surface area (Å²) in [5.74, 6) is 0.150. The zero-order chi connectivity index (χ0) is 19.8. The van der Waals surface area contributed by atoms with E-state index < -0.39 is 0 Å². The second-order valence-electron chi connectivity index (χ2n) is 7.25. The van der Waals surface area contributed by atoms with Crippen molar-refractivity contribution in [2.45, 2.75) is 65.8 Å². The number of piperidine rings is 1. The van der Waals surface area contributed by atoms with Gasteiger partial charge in [-0.1, -0.05) is 6.92 Å². The molecule has 0 aromatic heterocycles. The van der Waals surface area contributed by atoms with Crippen molar-refractivity contribution in [3.05, 3.63) is 24.3 Å². The Morgan fingerprint density at radius 3 is 2.22 bits per heavy atom. The average molecular weight is 374 g/mol. The first-order chi connectivity index (χ1) is 13.0. The van der Waals surface area contributed by atoms with Crippen molar-refractivity contribution in [3.63, 3.8) is 0 Å². The van der Waals surface area contributed by atoms with Crippen LogP contribution in [0.25, 0.3) is 0 Å². The molecule has 1 aromatic rings. The van der Waals surface area contributed by atoms with Gasteiger partial charge in [-0.05, 0) is 63.8 Å². The zero-order valence-corrected chi connectivity index (χ0v) is 17.4. The molecule has 150 valence electrons. The van der Waals surface area contributed by atoms with Crippen LogP contribution in [0.3, 0.4) is 0 Å². The van der Waals surface area contributed by atoms with Gasteiger partial charge in [0.05, 0.1) is 0 Å². The van der Waals surface area contributed by atoms with Crippen molar-refractivity contribution in [2.75, 3.05) is 36.0 Å². The van der Waals surface area contributed by atoms with Gasteiger partial charge in [-0.25, -0.2) is 0 Å². The Balaban J connectivity index is 2.03. The number of anilines is 2. The number of carbonyl (C=O) groups excluding carboxylic acids is 2. The molecule has 1 aliphatic heterocycles. The SMILES string of the molecule is CCC1CCCCN1C(=O)CCN(C(C)=O)c1ccc(N(CC)CC)cc1. The van der Waals surface area contributed by atoms with E-state index >= 15 is 0 Å². The first kappa shape index (κ1) is 21.3. The van der Waals surface area contributed by atoms with Crippen LogP contribution in [0.5, 0.6) is 0 Å². The normalized spacial score (nSPS) is 16.9. The lowest BCUT2D eigenvalue weighted by Crippen LogP contribution is -2.44. The average Bonchev–Trinajstić information content (AvgIpc) is 2.69. The summed E-state index contributed by atoms with van der Waals surface area (Å²) in [6.07, 6.45) is 4.79. The highest BCUT2D eigenvalue weighted by molar-refractivity contribution is 5.92. The van der Waals surface area contributed by atoms with Gasteiger partial charge in [0.1, 0.15) is 0 Å². The van der Waals surface area contributed by atoms with Gasteiger partial charge in [-0.2, -0.15) is 0 Å². The number of carbonyl (C=O) groups is 2. The first-order valence-corrected chi connectivity index (χ1v) is 10.4. The molecule has 0 N–H and O–H groups in total. The maximum Gasteiger partial charge on any atom is 0.224 e. The van der Waals surface area contributed by atoms with Crippen molar-refractivity contribution in [2.24, 2.45) is 0 Å². The smallest absolute Gasteiger partial charge is 0.224 e. The number of nitrogens with zero attached hydrogens (tertiary/aromatic N) is 3. The lowest BCUT2D eigenvalue weighted by atomic mass is 9.99. The Morgan fingerprint density at radius 2 is 1.67 bits per heavy atom. The number of benzene rings is 1. The van der Waals surface area contributed by atoms with Crippen LogP contribution in [0.2, 0.25) is 0 Å². The lowest BCUT2D eigenvalue weighted by molar-refractivity contribution is -0.134. The van der Waals surface area contributed by atoms with Crippen molar-refractivity contribution < 1.29 is 9.59 Å². The second-order valence-corrected chi connectivity index (χ2v) is 7.25. The molecule has 1 unspecified atom stereocenters. The Kier molecular flexibility index (Phi) is 8.14. The van der Waals surface area contributed by atoms with Crippen molar-refractivity contribution in [1.82, 2.24) is 4.90 Å². The predicted octanol–water partition coefficient (Wildman–Crippen LogP) is 4.07. The molecule has 0 bridgehead atoms. The summed E-state index contributed by atoms with van der Waals surface area (Å²) >= 11 is 0. The molecule has 1 fully saturated rings. The van der Waals surface area contributed by atoms with Gasteiger partial charge in [0.25, 0.3) is 0 Å². The van der Waals surface area contributed by atoms with E-state index in [9.17, 15) is 9.59 Å². The molecule has 1 aliphatic rings. The van der Waals surface area contributed by atoms with Gasteiger partial charge in [0, 0.05) is 56.9 Å². The summed E-state index contributed by atoms with van der Waals surface area (Å²) in [4.78, 5) is 30.9. The Bertz CT molecular complexity index is 610. The van der Waals surface area contributed by atoms with E-state index in [-0.39, 0.29) is 11.8 Å². The topological polar surface area (TPSA) is 43.9 Å². The summed E-state index contributed by atoms with van der Waals surface area (Å²) in [6, 6.07) is 8.44. The van der Waals surface area contributed by atoms with Crippen LogP contribution in [-0.2, 0) is 9.59 Å². The molecular formula is C22H35N3O2. The molecule has 2 rings (SSSR count). The Hall–Kier alpha value is -2.04. The summed E-state index contributed by atoms with van der Waals surface area (Å²) < 4.78 is 0. The molecule has 1 saturated heterocycles. The Morgan fingerprint density at radius 1 is 1.04 bits per heavy atom. The largest absolute Gasteiger partial charge is 0.372 e.